The Hall–Kier alpha value is -1.79. The maximum absolute atomic E-state index is 12.4. The Labute approximate surface area is 75.1 Å². The van der Waals surface area contributed by atoms with Gasteiger partial charge in [-0.05, 0) is 17.0 Å². The molecule has 1 aromatic heterocycles. The van der Waals surface area contributed by atoms with Crippen LogP contribution in [0.5, 0.6) is 0 Å². The van der Waals surface area contributed by atoms with Crippen LogP contribution in [0.1, 0.15) is 5.56 Å². The molecule has 1 aromatic carbocycles. The molecule has 2 aromatic rings. The second-order valence-electron chi connectivity index (χ2n) is 2.60. The molecule has 0 saturated heterocycles. The third-order valence-corrected chi connectivity index (χ3v) is 1.72. The van der Waals surface area contributed by atoms with Gasteiger partial charge in [-0.15, -0.1) is 0 Å². The fourth-order valence-corrected chi connectivity index (χ4v) is 1.15. The van der Waals surface area contributed by atoms with E-state index in [4.69, 9.17) is 0 Å². The number of hydrogen-bond acceptors (Lipinski definition) is 3. The lowest BCUT2D eigenvalue weighted by Gasteiger charge is -2.04. The summed E-state index contributed by atoms with van der Waals surface area (Å²) in [6, 6.07) is 3.23. The summed E-state index contributed by atoms with van der Waals surface area (Å²) in [6.45, 7) is 0. The fourth-order valence-electron chi connectivity index (χ4n) is 1.15. The zero-order valence-corrected chi connectivity index (χ0v) is 6.58. The van der Waals surface area contributed by atoms with Gasteiger partial charge in [-0.2, -0.15) is 13.2 Å². The molecule has 0 aliphatic carbocycles. The van der Waals surface area contributed by atoms with Crippen LogP contribution in [0.2, 0.25) is 0 Å². The van der Waals surface area contributed by atoms with E-state index in [-0.39, 0.29) is 10.4 Å². The van der Waals surface area contributed by atoms with E-state index in [2.05, 4.69) is 9.79 Å². The molecule has 0 aliphatic heterocycles. The minimum atomic E-state index is -4.59. The van der Waals surface area contributed by atoms with Gasteiger partial charge in [-0.1, -0.05) is 6.07 Å². The van der Waals surface area contributed by atoms with Crippen LogP contribution in [0.3, 0.4) is 0 Å². The number of rotatable bonds is 0. The predicted molar refractivity (Wildman–Crippen MR) is 38.0 cm³/mol. The van der Waals surface area contributed by atoms with Crippen LogP contribution in [-0.4, -0.2) is 5.16 Å². The molecule has 0 amide bonds. The summed E-state index contributed by atoms with van der Waals surface area (Å²) in [7, 11) is 0. The van der Waals surface area contributed by atoms with Gasteiger partial charge in [-0.25, -0.2) is 0 Å². The van der Waals surface area contributed by atoms with Crippen molar-refractivity contribution < 1.29 is 22.7 Å². The smallest absolute Gasteiger partial charge is 0.359 e. The molecule has 0 bridgehead atoms. The number of para-hydroxylation sites is 1. The summed E-state index contributed by atoms with van der Waals surface area (Å²) >= 11 is 0. The van der Waals surface area contributed by atoms with Crippen molar-refractivity contribution in [3.05, 3.63) is 29.0 Å². The van der Waals surface area contributed by atoms with E-state index < -0.39 is 17.3 Å². The minimum absolute atomic E-state index is 0.116. The van der Waals surface area contributed by atoms with Gasteiger partial charge in [0.1, 0.15) is 5.56 Å². The molecule has 0 aliphatic rings. The Bertz CT molecular complexity index is 477. The van der Waals surface area contributed by atoms with Crippen molar-refractivity contribution in [2.24, 2.45) is 0 Å². The quantitative estimate of drug-likeness (QED) is 0.610. The Morgan fingerprint density at radius 1 is 1.36 bits per heavy atom. The van der Waals surface area contributed by atoms with Crippen LogP contribution in [0.25, 0.3) is 11.0 Å². The second-order valence-corrected chi connectivity index (χ2v) is 2.60. The topological polar surface area (TPSA) is 53.0 Å². The van der Waals surface area contributed by atoms with Crippen LogP contribution in [-0.2, 0) is 6.18 Å². The van der Waals surface area contributed by atoms with Crippen LogP contribution in [0.4, 0.5) is 13.2 Å². The molecule has 0 saturated carbocycles. The number of nitrogens with zero attached hydrogens (tertiary/aromatic N) is 2. The molecule has 0 atom stereocenters. The van der Waals surface area contributed by atoms with Gasteiger partial charge in [0, 0.05) is 5.16 Å². The number of alkyl halides is 3. The first-order chi connectivity index (χ1) is 6.50. The number of aromatic nitrogens is 2. The SMILES string of the molecule is [O-][n+]1onc2cccc(C(F)(F)F)c21. The number of fused-ring (bicyclic) bond motifs is 1. The minimum Gasteiger partial charge on any atom is -0.359 e. The largest absolute Gasteiger partial charge is 0.420 e. The molecule has 1 heterocycles. The van der Waals surface area contributed by atoms with Crippen molar-refractivity contribution in [2.45, 2.75) is 6.18 Å². The summed E-state index contributed by atoms with van der Waals surface area (Å²) in [4.78, 5) is -0.252. The highest BCUT2D eigenvalue weighted by Crippen LogP contribution is 2.32. The summed E-state index contributed by atoms with van der Waals surface area (Å²) in [6.07, 6.45) is -4.59. The molecule has 0 unspecified atom stereocenters. The Morgan fingerprint density at radius 2 is 2.07 bits per heavy atom. The summed E-state index contributed by atoms with van der Waals surface area (Å²) in [5.74, 6) is 0. The molecule has 0 N–H and O–H groups in total. The van der Waals surface area contributed by atoms with Crippen molar-refractivity contribution >= 4 is 11.0 Å². The first kappa shape index (κ1) is 8.79. The maximum atomic E-state index is 12.4. The zero-order chi connectivity index (χ0) is 10.3. The third-order valence-electron chi connectivity index (χ3n) is 1.72. The molecule has 2 rings (SSSR count). The van der Waals surface area contributed by atoms with Gasteiger partial charge in [0.15, 0.2) is 0 Å². The Morgan fingerprint density at radius 3 is 2.71 bits per heavy atom. The van der Waals surface area contributed by atoms with Gasteiger partial charge in [0.25, 0.3) is 0 Å². The highest BCUT2D eigenvalue weighted by molar-refractivity contribution is 5.74. The van der Waals surface area contributed by atoms with Crippen molar-refractivity contribution in [3.63, 3.8) is 0 Å². The van der Waals surface area contributed by atoms with E-state index in [1.807, 2.05) is 0 Å². The number of hydrogen-bond donors (Lipinski definition) is 0. The van der Waals surface area contributed by atoms with Gasteiger partial charge in [-0.3, -0.25) is 4.63 Å². The fraction of sp³-hybridized carbons (Fsp3) is 0.143. The van der Waals surface area contributed by atoms with Crippen molar-refractivity contribution in [1.29, 1.82) is 0 Å². The highest BCUT2D eigenvalue weighted by atomic mass is 19.4. The number of benzene rings is 1. The Kier molecular flexibility index (Phi) is 1.63. The van der Waals surface area contributed by atoms with E-state index in [0.717, 1.165) is 12.1 Å². The lowest BCUT2D eigenvalue weighted by molar-refractivity contribution is -0.782. The second kappa shape index (κ2) is 2.60. The molecule has 0 radical (unpaired) electrons. The van der Waals surface area contributed by atoms with E-state index >= 15 is 0 Å². The third kappa shape index (κ3) is 1.17. The molecular weight excluding hydrogens is 201 g/mol. The monoisotopic (exact) mass is 204 g/mol. The van der Waals surface area contributed by atoms with Gasteiger partial charge in [0.05, 0.1) is 0 Å². The summed E-state index contributed by atoms with van der Waals surface area (Å²) < 4.78 is 41.1. The maximum Gasteiger partial charge on any atom is 0.420 e. The van der Waals surface area contributed by atoms with Crippen LogP contribution in [0, 0.1) is 5.21 Å². The Balaban J connectivity index is 2.82. The van der Waals surface area contributed by atoms with Gasteiger partial charge < -0.3 is 5.21 Å². The van der Waals surface area contributed by atoms with Gasteiger partial charge >= 0.3 is 6.18 Å². The molecule has 74 valence electrons. The number of halogens is 3. The molecule has 0 fully saturated rings. The van der Waals surface area contributed by atoms with Crippen molar-refractivity contribution in [1.82, 2.24) is 5.16 Å². The van der Waals surface area contributed by atoms with E-state index in [1.165, 1.54) is 6.07 Å². The summed E-state index contributed by atoms with van der Waals surface area (Å²) in [5.41, 5.74) is -1.76. The molecular formula is C7H3F3N2O2. The highest BCUT2D eigenvalue weighted by Gasteiger charge is 2.36. The van der Waals surface area contributed by atoms with Gasteiger partial charge in [0.2, 0.25) is 11.0 Å². The predicted octanol–water partition coefficient (Wildman–Crippen LogP) is 1.48. The molecule has 4 nitrogen and oxygen atoms in total. The van der Waals surface area contributed by atoms with E-state index in [1.54, 1.807) is 0 Å². The first-order valence-electron chi connectivity index (χ1n) is 3.56. The normalized spacial score (nSPS) is 12.2. The van der Waals surface area contributed by atoms with Crippen LogP contribution >= 0.6 is 0 Å². The lowest BCUT2D eigenvalue weighted by atomic mass is 10.2. The zero-order valence-electron chi connectivity index (χ0n) is 6.58. The first-order valence-corrected chi connectivity index (χ1v) is 3.56. The van der Waals surface area contributed by atoms with E-state index in [9.17, 15) is 18.4 Å². The average molecular weight is 204 g/mol. The van der Waals surface area contributed by atoms with Crippen molar-refractivity contribution in [2.75, 3.05) is 0 Å². The average Bonchev–Trinajstić information content (AvgIpc) is 2.46. The molecule has 14 heavy (non-hydrogen) atoms. The summed E-state index contributed by atoms with van der Waals surface area (Å²) in [5, 5.41) is 14.0. The van der Waals surface area contributed by atoms with Crippen molar-refractivity contribution in [3.8, 4) is 0 Å². The van der Waals surface area contributed by atoms with E-state index in [0.29, 0.717) is 0 Å². The molecule has 7 heteroatoms. The van der Waals surface area contributed by atoms with Crippen LogP contribution < -0.4 is 4.90 Å². The standard InChI is InChI=1S/C7H3F3N2O2/c8-7(9,10)4-2-1-3-5-6(4)12(13)14-11-5/h1-3H. The molecule has 0 spiro atoms. The van der Waals surface area contributed by atoms with Crippen LogP contribution in [0.15, 0.2) is 22.8 Å². The lowest BCUT2D eigenvalue weighted by Crippen LogP contribution is -2.25.